The number of nitrogens with zero attached hydrogens (tertiary/aromatic N) is 2. The fourth-order valence-electron chi connectivity index (χ4n) is 2.12. The second-order valence-electron chi connectivity index (χ2n) is 4.66. The number of rotatable bonds is 6. The summed E-state index contributed by atoms with van der Waals surface area (Å²) in [6.07, 6.45) is 2.18. The third kappa shape index (κ3) is 3.17. The Morgan fingerprint density at radius 1 is 1.35 bits per heavy atom. The van der Waals surface area contributed by atoms with Gasteiger partial charge in [0.05, 0.1) is 19.9 Å². The molecule has 5 heteroatoms. The van der Waals surface area contributed by atoms with E-state index in [1.54, 1.807) is 18.0 Å². The Balaban J connectivity index is 2.20. The summed E-state index contributed by atoms with van der Waals surface area (Å²) in [5, 5.41) is 13.0. The lowest BCUT2D eigenvalue weighted by atomic mass is 10.1. The molecule has 5 nitrogen and oxygen atoms in total. The molecule has 2 aromatic rings. The molecule has 0 aliphatic heterocycles. The van der Waals surface area contributed by atoms with Crippen molar-refractivity contribution in [1.29, 1.82) is 0 Å². The van der Waals surface area contributed by atoms with Crippen LogP contribution in [0.4, 0.5) is 0 Å². The number of methoxy groups -OCH3 is 1. The average Bonchev–Trinajstić information content (AvgIpc) is 2.81. The Bertz CT molecular complexity index is 605. The normalized spacial score (nSPS) is 10.5. The highest BCUT2D eigenvalue weighted by Crippen LogP contribution is 2.21. The van der Waals surface area contributed by atoms with E-state index >= 15 is 0 Å². The van der Waals surface area contributed by atoms with Gasteiger partial charge >= 0.3 is 5.97 Å². The molecule has 0 radical (unpaired) electrons. The van der Waals surface area contributed by atoms with E-state index in [1.807, 2.05) is 18.2 Å². The van der Waals surface area contributed by atoms with Gasteiger partial charge in [0.15, 0.2) is 0 Å². The van der Waals surface area contributed by atoms with Crippen LogP contribution < -0.4 is 4.74 Å². The number of benzene rings is 1. The molecule has 1 heterocycles. The third-order valence-electron chi connectivity index (χ3n) is 3.25. The van der Waals surface area contributed by atoms with Gasteiger partial charge in [0, 0.05) is 12.0 Å². The number of aryl methyl sites for hydroxylation is 2. The third-order valence-corrected chi connectivity index (χ3v) is 3.25. The molecule has 2 rings (SSSR count). The zero-order valence-corrected chi connectivity index (χ0v) is 11.7. The molecule has 0 bridgehead atoms. The van der Waals surface area contributed by atoms with E-state index in [9.17, 15) is 4.79 Å². The molecule has 0 atom stereocenters. The van der Waals surface area contributed by atoms with Crippen LogP contribution in [0.3, 0.4) is 0 Å². The van der Waals surface area contributed by atoms with Crippen molar-refractivity contribution in [1.82, 2.24) is 9.78 Å². The molecule has 0 fully saturated rings. The van der Waals surface area contributed by atoms with Crippen molar-refractivity contribution in [2.75, 3.05) is 7.11 Å². The molecule has 0 saturated carbocycles. The van der Waals surface area contributed by atoms with Crippen LogP contribution in [0, 0.1) is 6.92 Å². The van der Waals surface area contributed by atoms with Crippen LogP contribution in [0.1, 0.15) is 23.1 Å². The summed E-state index contributed by atoms with van der Waals surface area (Å²) in [7, 11) is 1.58. The monoisotopic (exact) mass is 274 g/mol. The van der Waals surface area contributed by atoms with E-state index in [2.05, 4.69) is 18.1 Å². The zero-order valence-electron chi connectivity index (χ0n) is 11.7. The fraction of sp³-hybridized carbons (Fsp3) is 0.333. The van der Waals surface area contributed by atoms with E-state index in [-0.39, 0.29) is 6.42 Å². The number of aromatic nitrogens is 2. The Morgan fingerprint density at radius 3 is 2.75 bits per heavy atom. The second kappa shape index (κ2) is 6.23. The van der Waals surface area contributed by atoms with Crippen LogP contribution in [0.25, 0.3) is 0 Å². The van der Waals surface area contributed by atoms with Crippen molar-refractivity contribution >= 4 is 5.97 Å². The quantitative estimate of drug-likeness (QED) is 0.877. The molecule has 1 aromatic heterocycles. The van der Waals surface area contributed by atoms with Crippen LogP contribution in [0.15, 0.2) is 30.5 Å². The Morgan fingerprint density at radius 2 is 2.10 bits per heavy atom. The summed E-state index contributed by atoms with van der Waals surface area (Å²) in [4.78, 5) is 10.6. The first-order valence-electron chi connectivity index (χ1n) is 6.46. The summed E-state index contributed by atoms with van der Waals surface area (Å²) < 4.78 is 7.13. The van der Waals surface area contributed by atoms with Crippen LogP contribution in [0.2, 0.25) is 0 Å². The molecule has 106 valence electrons. The van der Waals surface area contributed by atoms with Gasteiger partial charge in [0.25, 0.3) is 0 Å². The van der Waals surface area contributed by atoms with Crippen molar-refractivity contribution in [3.8, 4) is 5.88 Å². The van der Waals surface area contributed by atoms with Crippen molar-refractivity contribution < 1.29 is 14.6 Å². The minimum absolute atomic E-state index is 0.0758. The molecule has 0 unspecified atom stereocenters. The van der Waals surface area contributed by atoms with Crippen LogP contribution >= 0.6 is 0 Å². The SMILES string of the molecule is COc1c(CCC(=O)O)cnn1Cc1ccccc1C. The number of carbonyl (C=O) groups is 1. The fourth-order valence-corrected chi connectivity index (χ4v) is 2.12. The Kier molecular flexibility index (Phi) is 4.40. The van der Waals surface area contributed by atoms with Crippen molar-refractivity contribution in [2.45, 2.75) is 26.3 Å². The van der Waals surface area contributed by atoms with E-state index < -0.39 is 5.97 Å². The highest BCUT2D eigenvalue weighted by Gasteiger charge is 2.13. The number of carboxylic acids is 1. The maximum atomic E-state index is 10.6. The Hall–Kier alpha value is -2.30. The van der Waals surface area contributed by atoms with Crippen LogP contribution in [-0.4, -0.2) is 28.0 Å². The van der Waals surface area contributed by atoms with Crippen molar-refractivity contribution in [2.24, 2.45) is 0 Å². The number of hydrogen-bond donors (Lipinski definition) is 1. The van der Waals surface area contributed by atoms with Gasteiger partial charge in [0.2, 0.25) is 5.88 Å². The lowest BCUT2D eigenvalue weighted by molar-refractivity contribution is -0.136. The lowest BCUT2D eigenvalue weighted by Gasteiger charge is -2.10. The summed E-state index contributed by atoms with van der Waals surface area (Å²) >= 11 is 0. The van der Waals surface area contributed by atoms with Crippen molar-refractivity contribution in [3.05, 3.63) is 47.2 Å². The molecule has 1 aromatic carbocycles. The van der Waals surface area contributed by atoms with Gasteiger partial charge in [-0.1, -0.05) is 24.3 Å². The minimum Gasteiger partial charge on any atom is -0.481 e. The summed E-state index contributed by atoms with van der Waals surface area (Å²) in [6.45, 7) is 2.67. The zero-order chi connectivity index (χ0) is 14.5. The smallest absolute Gasteiger partial charge is 0.303 e. The second-order valence-corrected chi connectivity index (χ2v) is 4.66. The Labute approximate surface area is 117 Å². The number of ether oxygens (including phenoxy) is 1. The number of aliphatic carboxylic acids is 1. The summed E-state index contributed by atoms with van der Waals surface area (Å²) in [5.41, 5.74) is 3.18. The van der Waals surface area contributed by atoms with Crippen LogP contribution in [0.5, 0.6) is 5.88 Å². The average molecular weight is 274 g/mol. The maximum Gasteiger partial charge on any atom is 0.303 e. The first kappa shape index (κ1) is 14.1. The maximum absolute atomic E-state index is 10.6. The van der Waals surface area contributed by atoms with Gasteiger partial charge in [-0.25, -0.2) is 4.68 Å². The molecular formula is C15H18N2O3. The number of carboxylic acid groups (broad SMARTS) is 1. The van der Waals surface area contributed by atoms with E-state index in [0.29, 0.717) is 18.8 Å². The molecule has 20 heavy (non-hydrogen) atoms. The largest absolute Gasteiger partial charge is 0.481 e. The summed E-state index contributed by atoms with van der Waals surface area (Å²) in [5.74, 6) is -0.187. The summed E-state index contributed by atoms with van der Waals surface area (Å²) in [6, 6.07) is 8.09. The topological polar surface area (TPSA) is 64.3 Å². The molecular weight excluding hydrogens is 256 g/mol. The lowest BCUT2D eigenvalue weighted by Crippen LogP contribution is -2.06. The van der Waals surface area contributed by atoms with Gasteiger partial charge in [0.1, 0.15) is 0 Å². The molecule has 1 N–H and O–H groups in total. The molecule has 0 spiro atoms. The van der Waals surface area contributed by atoms with Crippen LogP contribution in [-0.2, 0) is 17.8 Å². The van der Waals surface area contributed by atoms with E-state index in [0.717, 1.165) is 5.56 Å². The minimum atomic E-state index is -0.821. The van der Waals surface area contributed by atoms with Gasteiger partial charge in [-0.05, 0) is 24.5 Å². The molecule has 0 aliphatic rings. The predicted molar refractivity (Wildman–Crippen MR) is 75.0 cm³/mol. The van der Waals surface area contributed by atoms with Gasteiger partial charge in [-0.3, -0.25) is 4.79 Å². The van der Waals surface area contributed by atoms with Gasteiger partial charge in [-0.15, -0.1) is 0 Å². The highest BCUT2D eigenvalue weighted by molar-refractivity contribution is 5.67. The van der Waals surface area contributed by atoms with Gasteiger partial charge < -0.3 is 9.84 Å². The molecule has 0 amide bonds. The molecule has 0 aliphatic carbocycles. The standard InChI is InChI=1S/C15H18N2O3/c1-11-5-3-4-6-13(11)10-17-15(20-2)12(9-16-17)7-8-14(18)19/h3-6,9H,7-8,10H2,1-2H3,(H,18,19). The molecule has 0 saturated heterocycles. The van der Waals surface area contributed by atoms with Crippen molar-refractivity contribution in [3.63, 3.8) is 0 Å². The van der Waals surface area contributed by atoms with E-state index in [4.69, 9.17) is 9.84 Å². The van der Waals surface area contributed by atoms with E-state index in [1.165, 1.54) is 11.1 Å². The predicted octanol–water partition coefficient (Wildman–Crippen LogP) is 2.27. The highest BCUT2D eigenvalue weighted by atomic mass is 16.5. The number of hydrogen-bond acceptors (Lipinski definition) is 3. The first-order chi connectivity index (χ1) is 9.61. The first-order valence-corrected chi connectivity index (χ1v) is 6.46. The van der Waals surface area contributed by atoms with Gasteiger partial charge in [-0.2, -0.15) is 5.10 Å².